The van der Waals surface area contributed by atoms with Crippen molar-refractivity contribution < 1.29 is 14.2 Å². The van der Waals surface area contributed by atoms with E-state index in [1.165, 1.54) is 0 Å². The van der Waals surface area contributed by atoms with Gasteiger partial charge < -0.3 is 0 Å². The van der Waals surface area contributed by atoms with E-state index in [2.05, 4.69) is 31.5 Å². The Morgan fingerprint density at radius 3 is 2.00 bits per heavy atom. The van der Waals surface area contributed by atoms with Gasteiger partial charge in [0, 0.05) is 0 Å². The number of hydrogen-bond donors (Lipinski definition) is 0. The van der Waals surface area contributed by atoms with E-state index in [4.69, 9.17) is 14.2 Å². The van der Waals surface area contributed by atoms with Crippen LogP contribution in [0.4, 0.5) is 0 Å². The average Bonchev–Trinajstić information content (AvgIpc) is 2.92. The van der Waals surface area contributed by atoms with Crippen molar-refractivity contribution in [2.24, 2.45) is 4.99 Å². The van der Waals surface area contributed by atoms with Crippen LogP contribution in [-0.4, -0.2) is 77.3 Å². The van der Waals surface area contributed by atoms with E-state index >= 15 is 0 Å². The molecule has 1 aliphatic heterocycles. The van der Waals surface area contributed by atoms with Crippen molar-refractivity contribution in [3.8, 4) is 0 Å². The fraction of sp³-hybridized carbons (Fsp3) is 0.722. The summed E-state index contributed by atoms with van der Waals surface area (Å²) in [4.78, 5) is 4.50. The summed E-state index contributed by atoms with van der Waals surface area (Å²) >= 11 is 0. The summed E-state index contributed by atoms with van der Waals surface area (Å²) in [5, 5.41) is 0. The second-order valence-electron chi connectivity index (χ2n) is 7.76. The molecule has 0 fully saturated rings. The Kier molecular flexibility index (Phi) is 7.93. The molecule has 23 heavy (non-hydrogen) atoms. The van der Waals surface area contributed by atoms with Gasteiger partial charge in [-0.15, -0.1) is 0 Å². The van der Waals surface area contributed by atoms with Crippen LogP contribution in [0.1, 0.15) is 13.8 Å². The summed E-state index contributed by atoms with van der Waals surface area (Å²) in [5.74, 6) is 0.924. The Labute approximate surface area is 141 Å². The maximum atomic E-state index is 5.76. The number of rotatable bonds is 12. The van der Waals surface area contributed by atoms with Crippen molar-refractivity contribution in [2.45, 2.75) is 13.8 Å². The molecule has 134 valence electrons. The van der Waals surface area contributed by atoms with Crippen molar-refractivity contribution in [2.75, 3.05) is 71.4 Å². The van der Waals surface area contributed by atoms with Crippen molar-refractivity contribution in [1.82, 2.24) is 0 Å². The molecule has 0 aromatic rings. The normalized spacial score (nSPS) is 16.3. The molecule has 0 bridgehead atoms. The first kappa shape index (κ1) is 20.3. The molecule has 4 nitrogen and oxygen atoms in total. The number of hydrogen-bond acceptors (Lipinski definition) is 4. The van der Waals surface area contributed by atoms with Crippen LogP contribution >= 0.6 is 6.60 Å². The van der Waals surface area contributed by atoms with Crippen molar-refractivity contribution in [3.63, 3.8) is 0 Å². The molecule has 0 saturated heterocycles. The van der Waals surface area contributed by atoms with Crippen molar-refractivity contribution in [1.29, 1.82) is 0 Å². The fourth-order valence-corrected chi connectivity index (χ4v) is 5.61. The maximum absolute atomic E-state index is 5.76. The minimum absolute atomic E-state index is 0.635. The van der Waals surface area contributed by atoms with Crippen LogP contribution in [0, 0.1) is 0 Å². The van der Waals surface area contributed by atoms with E-state index in [1.807, 2.05) is 13.8 Å². The standard InChI is InChI=1S/C18H34NO3P/c1-16(2)13-20-9-11-23(5,6,12-10-21-14-17(3)4)15-18-19-7-8-22-18/h1,3,7-15H2,2,4-6H3. The second-order valence-corrected chi connectivity index (χ2v) is 15.0. The SMILES string of the molecule is C=C(C)COCCP(C)(C)(CCOCC(=C)C)CC1=NCCO1. The zero-order valence-electron chi connectivity index (χ0n) is 15.4. The van der Waals surface area contributed by atoms with Crippen LogP contribution in [-0.2, 0) is 14.2 Å². The number of ether oxygens (including phenoxy) is 3. The van der Waals surface area contributed by atoms with Gasteiger partial charge in [-0.1, -0.05) is 0 Å². The molecule has 0 amide bonds. The quantitative estimate of drug-likeness (QED) is 0.310. The van der Waals surface area contributed by atoms with Gasteiger partial charge in [0.2, 0.25) is 0 Å². The number of nitrogens with zero attached hydrogens (tertiary/aromatic N) is 1. The van der Waals surface area contributed by atoms with Crippen molar-refractivity contribution in [3.05, 3.63) is 24.3 Å². The van der Waals surface area contributed by atoms with Gasteiger partial charge in [0.15, 0.2) is 0 Å². The van der Waals surface area contributed by atoms with Crippen LogP contribution < -0.4 is 0 Å². The van der Waals surface area contributed by atoms with E-state index < -0.39 is 6.60 Å². The van der Waals surface area contributed by atoms with Crippen LogP contribution in [0.2, 0.25) is 0 Å². The van der Waals surface area contributed by atoms with Gasteiger partial charge in [0.1, 0.15) is 0 Å². The average molecular weight is 343 g/mol. The molecule has 0 atom stereocenters. The topological polar surface area (TPSA) is 40.0 Å². The van der Waals surface area contributed by atoms with Gasteiger partial charge in [0.25, 0.3) is 0 Å². The van der Waals surface area contributed by atoms with Crippen LogP contribution in [0.25, 0.3) is 0 Å². The summed E-state index contributed by atoms with van der Waals surface area (Å²) < 4.78 is 17.2. The first-order chi connectivity index (χ1) is 10.7. The molecular weight excluding hydrogens is 309 g/mol. The summed E-state index contributed by atoms with van der Waals surface area (Å²) in [6.45, 7) is 18.9. The summed E-state index contributed by atoms with van der Waals surface area (Å²) in [5.41, 5.74) is 2.12. The molecule has 0 unspecified atom stereocenters. The van der Waals surface area contributed by atoms with Crippen LogP contribution in [0.5, 0.6) is 0 Å². The number of aliphatic imine (C=N–C) groups is 1. The Morgan fingerprint density at radius 1 is 1.09 bits per heavy atom. The Balaban J connectivity index is 2.60. The third-order valence-electron chi connectivity index (χ3n) is 4.02. The monoisotopic (exact) mass is 343 g/mol. The Hall–Kier alpha value is -0.700. The third kappa shape index (κ3) is 8.64. The van der Waals surface area contributed by atoms with Crippen LogP contribution in [0.15, 0.2) is 29.3 Å². The Bertz CT molecular complexity index is 431. The van der Waals surface area contributed by atoms with Crippen molar-refractivity contribution >= 4 is 12.5 Å². The second kappa shape index (κ2) is 8.96. The molecule has 0 aromatic carbocycles. The van der Waals surface area contributed by atoms with Gasteiger partial charge in [-0.3, -0.25) is 0 Å². The van der Waals surface area contributed by atoms with Gasteiger partial charge in [-0.2, -0.15) is 0 Å². The predicted octanol–water partition coefficient (Wildman–Crippen LogP) is 3.41. The third-order valence-corrected chi connectivity index (χ3v) is 8.79. The molecule has 0 aliphatic carbocycles. The molecule has 5 heteroatoms. The molecular formula is C18H34NO3P. The summed E-state index contributed by atoms with van der Waals surface area (Å²) in [6, 6.07) is 0. The van der Waals surface area contributed by atoms with Gasteiger partial charge in [0.05, 0.1) is 0 Å². The van der Waals surface area contributed by atoms with E-state index in [0.29, 0.717) is 13.2 Å². The van der Waals surface area contributed by atoms with E-state index in [9.17, 15) is 0 Å². The van der Waals surface area contributed by atoms with Gasteiger partial charge in [-0.05, 0) is 0 Å². The van der Waals surface area contributed by atoms with E-state index in [0.717, 1.165) is 61.9 Å². The van der Waals surface area contributed by atoms with Gasteiger partial charge >= 0.3 is 141 Å². The fourth-order valence-electron chi connectivity index (χ4n) is 2.45. The van der Waals surface area contributed by atoms with Crippen LogP contribution in [0.3, 0.4) is 0 Å². The molecule has 1 rings (SSSR count). The molecule has 0 radical (unpaired) electrons. The summed E-state index contributed by atoms with van der Waals surface area (Å²) in [6.07, 6.45) is 3.05. The molecule has 0 spiro atoms. The molecule has 0 N–H and O–H groups in total. The van der Waals surface area contributed by atoms with E-state index in [1.54, 1.807) is 0 Å². The predicted molar refractivity (Wildman–Crippen MR) is 103 cm³/mol. The zero-order chi connectivity index (χ0) is 17.4. The first-order valence-corrected chi connectivity index (χ1v) is 12.0. The molecule has 0 saturated carbocycles. The molecule has 0 aromatic heterocycles. The van der Waals surface area contributed by atoms with Gasteiger partial charge in [-0.25, -0.2) is 0 Å². The zero-order valence-corrected chi connectivity index (χ0v) is 16.3. The molecule has 1 aliphatic rings. The Morgan fingerprint density at radius 2 is 1.61 bits per heavy atom. The minimum atomic E-state index is -2.01. The summed E-state index contributed by atoms with van der Waals surface area (Å²) in [7, 11) is 0. The first-order valence-electron chi connectivity index (χ1n) is 8.30. The molecule has 1 heterocycles. The van der Waals surface area contributed by atoms with E-state index in [-0.39, 0.29) is 0 Å².